The van der Waals surface area contributed by atoms with E-state index in [1.165, 1.54) is 17.7 Å². The monoisotopic (exact) mass is 361 g/mol. The second-order valence-corrected chi connectivity index (χ2v) is 6.57. The van der Waals surface area contributed by atoms with Crippen molar-refractivity contribution in [3.05, 3.63) is 75.3 Å². The van der Waals surface area contributed by atoms with E-state index in [1.807, 2.05) is 24.3 Å². The van der Waals surface area contributed by atoms with Crippen molar-refractivity contribution in [2.75, 3.05) is 12.8 Å². The number of nitrogen functional groups attached to an aromatic ring is 1. The van der Waals surface area contributed by atoms with Crippen molar-refractivity contribution >= 4 is 29.0 Å². The van der Waals surface area contributed by atoms with Gasteiger partial charge in [0.15, 0.2) is 0 Å². The minimum absolute atomic E-state index is 0.136. The van der Waals surface area contributed by atoms with Gasteiger partial charge >= 0.3 is 5.97 Å². The number of nitrogens with two attached hydrogens (primary N) is 1. The minimum atomic E-state index is -0.481. The van der Waals surface area contributed by atoms with E-state index in [2.05, 4.69) is 6.08 Å². The molecular weight excluding hydrogens is 342 g/mol. The Hall–Kier alpha value is -3.41. The van der Waals surface area contributed by atoms with Crippen molar-refractivity contribution in [1.82, 2.24) is 9.38 Å². The Morgan fingerprint density at radius 2 is 1.96 bits per heavy atom. The Labute approximate surface area is 155 Å². The normalized spacial score (nSPS) is 14.9. The number of aromatic nitrogens is 2. The minimum Gasteiger partial charge on any atom is -0.465 e. The van der Waals surface area contributed by atoms with Gasteiger partial charge in [-0.2, -0.15) is 0 Å². The molecule has 2 aromatic heterocycles. The quantitative estimate of drug-likeness (QED) is 0.560. The Bertz CT molecular complexity index is 1130. The van der Waals surface area contributed by atoms with Crippen LogP contribution in [0, 0.1) is 0 Å². The highest BCUT2D eigenvalue weighted by Crippen LogP contribution is 2.30. The second kappa shape index (κ2) is 6.72. The van der Waals surface area contributed by atoms with Crippen LogP contribution in [-0.4, -0.2) is 22.5 Å². The summed E-state index contributed by atoms with van der Waals surface area (Å²) in [5.41, 5.74) is 10.7. The van der Waals surface area contributed by atoms with Crippen LogP contribution >= 0.6 is 0 Å². The van der Waals surface area contributed by atoms with Crippen molar-refractivity contribution < 1.29 is 9.53 Å². The molecule has 0 atom stereocenters. The molecule has 6 heteroatoms. The van der Waals surface area contributed by atoms with E-state index >= 15 is 0 Å². The smallest absolute Gasteiger partial charge is 0.339 e. The molecule has 0 fully saturated rings. The van der Waals surface area contributed by atoms with Crippen molar-refractivity contribution in [2.45, 2.75) is 19.3 Å². The standard InChI is InChI=1S/C21H19N3O3/c1-27-21(26)15-7-10-18-23-19-14(11-13-5-8-16(22)9-6-13)3-2-4-17(19)20(25)24(18)12-15/h5-12H,2-4,22H2,1H3/b14-11-. The summed E-state index contributed by atoms with van der Waals surface area (Å²) in [6, 6.07) is 10.9. The first kappa shape index (κ1) is 17.0. The zero-order valence-electron chi connectivity index (χ0n) is 14.9. The van der Waals surface area contributed by atoms with E-state index in [4.69, 9.17) is 15.5 Å². The molecule has 1 aliphatic rings. The highest BCUT2D eigenvalue weighted by Gasteiger charge is 2.21. The molecule has 3 aromatic rings. The maximum Gasteiger partial charge on any atom is 0.339 e. The first-order valence-corrected chi connectivity index (χ1v) is 8.77. The fraction of sp³-hybridized carbons (Fsp3) is 0.190. The second-order valence-electron chi connectivity index (χ2n) is 6.57. The Balaban J connectivity index is 1.87. The highest BCUT2D eigenvalue weighted by atomic mass is 16.5. The average Bonchev–Trinajstić information content (AvgIpc) is 2.69. The van der Waals surface area contributed by atoms with Crippen LogP contribution in [0.5, 0.6) is 0 Å². The topological polar surface area (TPSA) is 86.7 Å². The Morgan fingerprint density at radius 3 is 2.70 bits per heavy atom. The number of anilines is 1. The summed E-state index contributed by atoms with van der Waals surface area (Å²) in [5, 5.41) is 0. The van der Waals surface area contributed by atoms with E-state index in [1.54, 1.807) is 12.1 Å². The number of carbonyl (C=O) groups excluding carboxylic acids is 1. The first-order valence-electron chi connectivity index (χ1n) is 8.77. The molecule has 6 nitrogen and oxygen atoms in total. The van der Waals surface area contributed by atoms with Gasteiger partial charge < -0.3 is 10.5 Å². The zero-order valence-corrected chi connectivity index (χ0v) is 14.9. The van der Waals surface area contributed by atoms with Gasteiger partial charge in [0.2, 0.25) is 0 Å². The van der Waals surface area contributed by atoms with Gasteiger partial charge in [0.1, 0.15) is 5.65 Å². The van der Waals surface area contributed by atoms with Crippen molar-refractivity contribution in [2.24, 2.45) is 0 Å². The molecule has 0 unspecified atom stereocenters. The lowest BCUT2D eigenvalue weighted by Crippen LogP contribution is -2.25. The van der Waals surface area contributed by atoms with Crippen LogP contribution in [0.25, 0.3) is 17.3 Å². The number of nitrogens with zero attached hydrogens (tertiary/aromatic N) is 2. The Morgan fingerprint density at radius 1 is 1.19 bits per heavy atom. The van der Waals surface area contributed by atoms with E-state index in [9.17, 15) is 9.59 Å². The van der Waals surface area contributed by atoms with Crippen LogP contribution in [0.1, 0.15) is 40.0 Å². The molecular formula is C21H19N3O3. The van der Waals surface area contributed by atoms with E-state index in [0.717, 1.165) is 29.7 Å². The lowest BCUT2D eigenvalue weighted by molar-refractivity contribution is 0.0600. The van der Waals surface area contributed by atoms with Crippen LogP contribution in [0.3, 0.4) is 0 Å². The molecule has 0 saturated heterocycles. The van der Waals surface area contributed by atoms with Crippen LogP contribution < -0.4 is 11.3 Å². The number of carbonyl (C=O) groups is 1. The summed E-state index contributed by atoms with van der Waals surface area (Å²) in [6.45, 7) is 0. The molecule has 1 aliphatic carbocycles. The number of hydrogen-bond donors (Lipinski definition) is 1. The summed E-state index contributed by atoms with van der Waals surface area (Å²) in [7, 11) is 1.31. The molecule has 0 aliphatic heterocycles. The van der Waals surface area contributed by atoms with Crippen molar-refractivity contribution in [3.63, 3.8) is 0 Å². The molecule has 0 radical (unpaired) electrons. The lowest BCUT2D eigenvalue weighted by atomic mass is 9.90. The van der Waals surface area contributed by atoms with Gasteiger partial charge in [-0.25, -0.2) is 9.78 Å². The maximum absolute atomic E-state index is 13.0. The summed E-state index contributed by atoms with van der Waals surface area (Å²) >= 11 is 0. The number of ether oxygens (including phenoxy) is 1. The third-order valence-corrected chi connectivity index (χ3v) is 4.79. The molecule has 2 heterocycles. The first-order chi connectivity index (χ1) is 13.1. The fourth-order valence-electron chi connectivity index (χ4n) is 3.41. The van der Waals surface area contributed by atoms with Crippen LogP contribution in [0.4, 0.5) is 5.69 Å². The number of pyridine rings is 1. The molecule has 1 aromatic carbocycles. The fourth-order valence-corrected chi connectivity index (χ4v) is 3.41. The third-order valence-electron chi connectivity index (χ3n) is 4.79. The maximum atomic E-state index is 13.0. The summed E-state index contributed by atoms with van der Waals surface area (Å²) in [6.07, 6.45) is 5.97. The zero-order chi connectivity index (χ0) is 19.0. The number of hydrogen-bond acceptors (Lipinski definition) is 5. The summed E-state index contributed by atoms with van der Waals surface area (Å²) in [4.78, 5) is 29.5. The predicted octanol–water partition coefficient (Wildman–Crippen LogP) is 2.94. The molecule has 0 amide bonds. The van der Waals surface area contributed by atoms with Gasteiger partial charge in [0.25, 0.3) is 5.56 Å². The number of rotatable bonds is 2. The van der Waals surface area contributed by atoms with Gasteiger partial charge in [0, 0.05) is 17.4 Å². The molecule has 0 saturated carbocycles. The van der Waals surface area contributed by atoms with Gasteiger partial charge in [-0.1, -0.05) is 12.1 Å². The highest BCUT2D eigenvalue weighted by molar-refractivity contribution is 5.89. The van der Waals surface area contributed by atoms with E-state index < -0.39 is 5.97 Å². The van der Waals surface area contributed by atoms with Crippen LogP contribution in [0.15, 0.2) is 47.4 Å². The molecule has 0 bridgehead atoms. The van der Waals surface area contributed by atoms with Crippen LogP contribution in [-0.2, 0) is 11.2 Å². The number of fused-ring (bicyclic) bond motifs is 2. The summed E-state index contributed by atoms with van der Waals surface area (Å²) in [5.74, 6) is -0.481. The molecule has 136 valence electrons. The van der Waals surface area contributed by atoms with Gasteiger partial charge in [-0.15, -0.1) is 0 Å². The average molecular weight is 361 g/mol. The summed E-state index contributed by atoms with van der Waals surface area (Å²) < 4.78 is 6.16. The van der Waals surface area contributed by atoms with Crippen molar-refractivity contribution in [1.29, 1.82) is 0 Å². The van der Waals surface area contributed by atoms with Crippen LogP contribution in [0.2, 0.25) is 0 Å². The van der Waals surface area contributed by atoms with Gasteiger partial charge in [-0.05, 0) is 60.7 Å². The van der Waals surface area contributed by atoms with Gasteiger partial charge in [-0.3, -0.25) is 9.20 Å². The third kappa shape index (κ3) is 3.10. The SMILES string of the molecule is COC(=O)c1ccc2nc3c(c(=O)n2c1)CCC/C3=C/c1ccc(N)cc1. The number of allylic oxidation sites excluding steroid dienone is 1. The molecule has 0 spiro atoms. The lowest BCUT2D eigenvalue weighted by Gasteiger charge is -2.18. The van der Waals surface area contributed by atoms with E-state index in [-0.39, 0.29) is 5.56 Å². The number of esters is 1. The van der Waals surface area contributed by atoms with Gasteiger partial charge in [0.05, 0.1) is 18.4 Å². The molecule has 2 N–H and O–H groups in total. The molecule has 4 rings (SSSR count). The number of benzene rings is 1. The van der Waals surface area contributed by atoms with E-state index in [0.29, 0.717) is 28.9 Å². The largest absolute Gasteiger partial charge is 0.465 e. The predicted molar refractivity (Wildman–Crippen MR) is 104 cm³/mol. The molecule has 27 heavy (non-hydrogen) atoms. The number of methoxy groups -OCH3 is 1. The Kier molecular flexibility index (Phi) is 4.24. The van der Waals surface area contributed by atoms with Crippen molar-refractivity contribution in [3.8, 4) is 0 Å².